The molecule has 0 fully saturated rings. The average Bonchev–Trinajstić information content (AvgIpc) is 2.70. The van der Waals surface area contributed by atoms with E-state index in [1.807, 2.05) is 12.3 Å². The van der Waals surface area contributed by atoms with Gasteiger partial charge in [0.05, 0.1) is 6.07 Å². The fraction of sp³-hybridized carbons (Fsp3) is 0.600. The molecule has 1 aromatic carbocycles. The summed E-state index contributed by atoms with van der Waals surface area (Å²) in [6, 6.07) is 4.51. The molecule has 0 saturated carbocycles. The largest absolute Gasteiger partial charge is 0.507 e. The van der Waals surface area contributed by atoms with Crippen molar-refractivity contribution >= 4 is 29.7 Å². The first-order chi connectivity index (χ1) is 16.1. The SMILES string of the molecule is CSCCC(NC(=O)OC(C)(C)C)C(=O)N(CC#N)C(C(=O)NC(C)(C)C)c1cccc(C)c1O. The number of hydrogen-bond donors (Lipinski definition) is 3. The zero-order chi connectivity index (χ0) is 27.0. The Morgan fingerprint density at radius 1 is 1.20 bits per heavy atom. The van der Waals surface area contributed by atoms with E-state index in [4.69, 9.17) is 4.74 Å². The molecular weight excluding hydrogens is 468 g/mol. The Labute approximate surface area is 212 Å². The molecule has 0 aromatic heterocycles. The lowest BCUT2D eigenvalue weighted by Gasteiger charge is -2.35. The van der Waals surface area contributed by atoms with Crippen molar-refractivity contribution in [2.75, 3.05) is 18.6 Å². The van der Waals surface area contributed by atoms with Crippen LogP contribution in [0.2, 0.25) is 0 Å². The topological polar surface area (TPSA) is 132 Å². The molecule has 0 aliphatic rings. The number of carbonyl (C=O) groups is 3. The maximum Gasteiger partial charge on any atom is 0.408 e. The van der Waals surface area contributed by atoms with Crippen LogP contribution in [-0.2, 0) is 14.3 Å². The van der Waals surface area contributed by atoms with E-state index < -0.39 is 47.7 Å². The molecule has 0 spiro atoms. The van der Waals surface area contributed by atoms with Crippen LogP contribution in [0.3, 0.4) is 0 Å². The number of para-hydroxylation sites is 1. The van der Waals surface area contributed by atoms with Gasteiger partial charge >= 0.3 is 6.09 Å². The molecule has 10 heteroatoms. The molecule has 194 valence electrons. The molecular formula is C25H38N4O5S. The lowest BCUT2D eigenvalue weighted by Crippen LogP contribution is -2.54. The van der Waals surface area contributed by atoms with Crippen molar-refractivity contribution in [1.29, 1.82) is 5.26 Å². The highest BCUT2D eigenvalue weighted by atomic mass is 32.2. The Bertz CT molecular complexity index is 947. The number of aryl methyl sites for hydroxylation is 1. The summed E-state index contributed by atoms with van der Waals surface area (Å²) in [6.07, 6.45) is 1.35. The van der Waals surface area contributed by atoms with Gasteiger partial charge in [-0.1, -0.05) is 18.2 Å². The number of phenols is 1. The molecule has 0 heterocycles. The van der Waals surface area contributed by atoms with Gasteiger partial charge in [0.2, 0.25) is 11.8 Å². The normalized spacial score (nSPS) is 13.2. The van der Waals surface area contributed by atoms with Gasteiger partial charge in [-0.2, -0.15) is 17.0 Å². The number of benzene rings is 1. The maximum absolute atomic E-state index is 13.8. The van der Waals surface area contributed by atoms with Gasteiger partial charge in [0.25, 0.3) is 0 Å². The predicted molar refractivity (Wildman–Crippen MR) is 137 cm³/mol. The summed E-state index contributed by atoms with van der Waals surface area (Å²) in [5.41, 5.74) is -0.697. The summed E-state index contributed by atoms with van der Waals surface area (Å²) in [4.78, 5) is 40.8. The van der Waals surface area contributed by atoms with Crippen LogP contribution in [0.1, 0.15) is 65.1 Å². The summed E-state index contributed by atoms with van der Waals surface area (Å²) in [6.45, 7) is 11.8. The standard InChI is InChI=1S/C25H38N4O5S/c1-16-10-9-11-17(20(16)30)19(21(31)28-24(2,3)4)29(14-13-26)22(32)18(12-15-35-8)27-23(33)34-25(5,6)7/h9-11,18-19,30H,12,14-15H2,1-8H3,(H,27,33)(H,28,31). The minimum absolute atomic E-state index is 0.141. The van der Waals surface area contributed by atoms with Crippen molar-refractivity contribution in [3.63, 3.8) is 0 Å². The number of phenolic OH excluding ortho intramolecular Hbond substituents is 1. The third-order valence-corrected chi connectivity index (χ3v) is 5.39. The van der Waals surface area contributed by atoms with E-state index in [-0.39, 0.29) is 17.7 Å². The fourth-order valence-electron chi connectivity index (χ4n) is 3.31. The summed E-state index contributed by atoms with van der Waals surface area (Å²) >= 11 is 1.49. The molecule has 0 radical (unpaired) electrons. The molecule has 0 saturated heterocycles. The number of thioether (sulfide) groups is 1. The molecule has 0 aliphatic heterocycles. The Morgan fingerprint density at radius 3 is 2.34 bits per heavy atom. The highest BCUT2D eigenvalue weighted by molar-refractivity contribution is 7.98. The smallest absolute Gasteiger partial charge is 0.408 e. The van der Waals surface area contributed by atoms with Crippen molar-refractivity contribution in [3.8, 4) is 11.8 Å². The molecule has 0 bridgehead atoms. The number of alkyl carbamates (subject to hydrolysis) is 1. The number of nitrogens with zero attached hydrogens (tertiary/aromatic N) is 2. The third kappa shape index (κ3) is 9.68. The Morgan fingerprint density at radius 2 is 1.83 bits per heavy atom. The van der Waals surface area contributed by atoms with Gasteiger partial charge in [0.1, 0.15) is 30.0 Å². The number of hydrogen-bond acceptors (Lipinski definition) is 7. The first-order valence-corrected chi connectivity index (χ1v) is 12.8. The van der Waals surface area contributed by atoms with Crippen LogP contribution in [0.4, 0.5) is 4.79 Å². The Hall–Kier alpha value is -2.93. The first kappa shape index (κ1) is 30.1. The molecule has 1 aromatic rings. The second-order valence-electron chi connectivity index (χ2n) is 10.3. The van der Waals surface area contributed by atoms with E-state index in [9.17, 15) is 24.8 Å². The Balaban J connectivity index is 3.53. The van der Waals surface area contributed by atoms with Gasteiger partial charge in [-0.3, -0.25) is 9.59 Å². The van der Waals surface area contributed by atoms with Gasteiger partial charge in [-0.25, -0.2) is 4.79 Å². The number of nitriles is 1. The molecule has 1 rings (SSSR count). The summed E-state index contributed by atoms with van der Waals surface area (Å²) < 4.78 is 5.32. The quantitative estimate of drug-likeness (QED) is 0.436. The van der Waals surface area contributed by atoms with E-state index in [2.05, 4.69) is 10.6 Å². The molecule has 2 unspecified atom stereocenters. The second kappa shape index (κ2) is 12.7. The lowest BCUT2D eigenvalue weighted by atomic mass is 9.97. The number of aromatic hydroxyl groups is 1. The van der Waals surface area contributed by atoms with E-state index in [0.717, 1.165) is 4.90 Å². The number of nitrogens with one attached hydrogen (secondary N) is 2. The zero-order valence-electron chi connectivity index (χ0n) is 21.9. The zero-order valence-corrected chi connectivity index (χ0v) is 22.7. The van der Waals surface area contributed by atoms with Crippen LogP contribution in [0.25, 0.3) is 0 Å². The van der Waals surface area contributed by atoms with E-state index in [1.54, 1.807) is 66.7 Å². The number of amides is 3. The van der Waals surface area contributed by atoms with E-state index in [1.165, 1.54) is 11.8 Å². The number of ether oxygens (including phenoxy) is 1. The number of rotatable bonds is 9. The van der Waals surface area contributed by atoms with Gasteiger partial charge in [-0.15, -0.1) is 0 Å². The summed E-state index contributed by atoms with van der Waals surface area (Å²) in [5, 5.41) is 25.8. The monoisotopic (exact) mass is 506 g/mol. The second-order valence-corrected chi connectivity index (χ2v) is 11.2. The van der Waals surface area contributed by atoms with Gasteiger partial charge in [0.15, 0.2) is 0 Å². The predicted octanol–water partition coefficient (Wildman–Crippen LogP) is 3.66. The van der Waals surface area contributed by atoms with Crippen molar-refractivity contribution in [2.45, 2.75) is 78.1 Å². The minimum Gasteiger partial charge on any atom is -0.507 e. The van der Waals surface area contributed by atoms with Crippen molar-refractivity contribution in [3.05, 3.63) is 29.3 Å². The van der Waals surface area contributed by atoms with Gasteiger partial charge in [0, 0.05) is 11.1 Å². The highest BCUT2D eigenvalue weighted by Gasteiger charge is 2.38. The van der Waals surface area contributed by atoms with Gasteiger partial charge < -0.3 is 25.4 Å². The molecule has 9 nitrogen and oxygen atoms in total. The van der Waals surface area contributed by atoms with Gasteiger partial charge in [-0.05, 0) is 72.5 Å². The molecule has 35 heavy (non-hydrogen) atoms. The fourth-order valence-corrected chi connectivity index (χ4v) is 3.78. The summed E-state index contributed by atoms with van der Waals surface area (Å²) in [5.74, 6) is -0.774. The van der Waals surface area contributed by atoms with Crippen molar-refractivity contribution in [2.24, 2.45) is 0 Å². The van der Waals surface area contributed by atoms with Crippen LogP contribution in [0.15, 0.2) is 18.2 Å². The Kier molecular flexibility index (Phi) is 10.9. The van der Waals surface area contributed by atoms with Crippen LogP contribution in [0, 0.1) is 18.3 Å². The molecule has 2 atom stereocenters. The van der Waals surface area contributed by atoms with Crippen LogP contribution in [-0.4, -0.2) is 63.6 Å². The highest BCUT2D eigenvalue weighted by Crippen LogP contribution is 2.32. The molecule has 3 N–H and O–H groups in total. The van der Waals surface area contributed by atoms with Crippen LogP contribution >= 0.6 is 11.8 Å². The molecule has 3 amide bonds. The van der Waals surface area contributed by atoms with Crippen LogP contribution < -0.4 is 10.6 Å². The van der Waals surface area contributed by atoms with Crippen LogP contribution in [0.5, 0.6) is 5.75 Å². The first-order valence-electron chi connectivity index (χ1n) is 11.4. The average molecular weight is 507 g/mol. The van der Waals surface area contributed by atoms with Crippen molar-refractivity contribution < 1.29 is 24.2 Å². The lowest BCUT2D eigenvalue weighted by molar-refractivity contribution is -0.142. The minimum atomic E-state index is -1.29. The third-order valence-electron chi connectivity index (χ3n) is 4.75. The van der Waals surface area contributed by atoms with Crippen molar-refractivity contribution in [1.82, 2.24) is 15.5 Å². The van der Waals surface area contributed by atoms with E-state index in [0.29, 0.717) is 11.3 Å². The van der Waals surface area contributed by atoms with E-state index >= 15 is 0 Å². The molecule has 0 aliphatic carbocycles. The summed E-state index contributed by atoms with van der Waals surface area (Å²) in [7, 11) is 0. The number of carbonyl (C=O) groups excluding carboxylic acids is 3. The maximum atomic E-state index is 13.8.